The van der Waals surface area contributed by atoms with Gasteiger partial charge in [-0.15, -0.1) is 0 Å². The molecule has 0 aliphatic carbocycles. The number of nitrogens with zero attached hydrogens (tertiary/aromatic N) is 1. The molecule has 1 saturated heterocycles. The van der Waals surface area contributed by atoms with Gasteiger partial charge in [-0.2, -0.15) is 0 Å². The van der Waals surface area contributed by atoms with E-state index in [2.05, 4.69) is 5.32 Å². The minimum atomic E-state index is -1.19. The molecule has 17 heavy (non-hydrogen) atoms. The van der Waals surface area contributed by atoms with Crippen LogP contribution in [0, 0.1) is 0 Å². The van der Waals surface area contributed by atoms with Crippen molar-refractivity contribution in [2.45, 2.75) is 25.3 Å². The summed E-state index contributed by atoms with van der Waals surface area (Å²) < 4.78 is 0. The SMILES string of the molecule is O=C(CN1CCCC1=O)N[C@@H](CCO)C(=O)O. The van der Waals surface area contributed by atoms with Crippen LogP contribution in [0.5, 0.6) is 0 Å². The first-order valence-electron chi connectivity index (χ1n) is 5.45. The second-order valence-electron chi connectivity index (χ2n) is 3.89. The number of carboxylic acids is 1. The maximum Gasteiger partial charge on any atom is 0.326 e. The van der Waals surface area contributed by atoms with E-state index < -0.39 is 17.9 Å². The predicted molar refractivity (Wildman–Crippen MR) is 57.1 cm³/mol. The van der Waals surface area contributed by atoms with Crippen molar-refractivity contribution in [1.82, 2.24) is 10.2 Å². The number of hydrogen-bond acceptors (Lipinski definition) is 4. The van der Waals surface area contributed by atoms with Crippen LogP contribution in [0.3, 0.4) is 0 Å². The van der Waals surface area contributed by atoms with Crippen molar-refractivity contribution in [2.75, 3.05) is 19.7 Å². The molecule has 1 aliphatic heterocycles. The number of hydrogen-bond donors (Lipinski definition) is 3. The molecule has 1 heterocycles. The summed E-state index contributed by atoms with van der Waals surface area (Å²) in [5, 5.41) is 19.7. The number of likely N-dealkylation sites (tertiary alicyclic amines) is 1. The molecule has 0 aromatic heterocycles. The van der Waals surface area contributed by atoms with E-state index in [0.717, 1.165) is 6.42 Å². The van der Waals surface area contributed by atoms with Gasteiger partial charge in [0.15, 0.2) is 0 Å². The van der Waals surface area contributed by atoms with E-state index in [4.69, 9.17) is 10.2 Å². The Bertz CT molecular complexity index is 318. The van der Waals surface area contributed by atoms with Crippen LogP contribution in [-0.4, -0.2) is 58.6 Å². The summed E-state index contributed by atoms with van der Waals surface area (Å²) in [5.41, 5.74) is 0. The Morgan fingerprint density at radius 2 is 2.18 bits per heavy atom. The second-order valence-corrected chi connectivity index (χ2v) is 3.89. The Balaban J connectivity index is 2.41. The first-order chi connectivity index (χ1) is 8.04. The standard InChI is InChI=1S/C10H16N2O5/c13-5-3-7(10(16)17)11-8(14)6-12-4-1-2-9(12)15/h7,13H,1-6H2,(H,11,14)(H,16,17)/t7-/m0/s1. The second kappa shape index (κ2) is 6.19. The van der Waals surface area contributed by atoms with E-state index in [-0.39, 0.29) is 25.5 Å². The third kappa shape index (κ3) is 4.03. The van der Waals surface area contributed by atoms with Gasteiger partial charge in [0.05, 0.1) is 6.54 Å². The maximum atomic E-state index is 11.5. The number of aliphatic hydroxyl groups is 1. The van der Waals surface area contributed by atoms with Gasteiger partial charge in [-0.05, 0) is 6.42 Å². The lowest BCUT2D eigenvalue weighted by atomic mass is 10.2. The molecule has 0 radical (unpaired) electrons. The zero-order valence-corrected chi connectivity index (χ0v) is 9.39. The van der Waals surface area contributed by atoms with Crippen molar-refractivity contribution in [2.24, 2.45) is 0 Å². The van der Waals surface area contributed by atoms with Crippen molar-refractivity contribution >= 4 is 17.8 Å². The molecule has 1 rings (SSSR count). The lowest BCUT2D eigenvalue weighted by molar-refractivity contribution is -0.142. The van der Waals surface area contributed by atoms with Gasteiger partial charge < -0.3 is 20.4 Å². The van der Waals surface area contributed by atoms with E-state index >= 15 is 0 Å². The van der Waals surface area contributed by atoms with E-state index in [0.29, 0.717) is 13.0 Å². The summed E-state index contributed by atoms with van der Waals surface area (Å²) in [5.74, 6) is -1.80. The first-order valence-corrected chi connectivity index (χ1v) is 5.45. The zero-order chi connectivity index (χ0) is 12.8. The van der Waals surface area contributed by atoms with Crippen molar-refractivity contribution < 1.29 is 24.6 Å². The lowest BCUT2D eigenvalue weighted by Gasteiger charge is -2.17. The zero-order valence-electron chi connectivity index (χ0n) is 9.39. The molecule has 0 aromatic rings. The molecule has 96 valence electrons. The van der Waals surface area contributed by atoms with Gasteiger partial charge in [0.25, 0.3) is 0 Å². The number of rotatable bonds is 6. The minimum Gasteiger partial charge on any atom is -0.480 e. The van der Waals surface area contributed by atoms with Gasteiger partial charge in [-0.1, -0.05) is 0 Å². The van der Waals surface area contributed by atoms with Crippen LogP contribution < -0.4 is 5.32 Å². The first kappa shape index (κ1) is 13.4. The Hall–Kier alpha value is -1.63. The molecule has 0 aromatic carbocycles. The quantitative estimate of drug-likeness (QED) is 0.530. The number of amides is 2. The van der Waals surface area contributed by atoms with Gasteiger partial charge in [0.1, 0.15) is 6.04 Å². The molecule has 3 N–H and O–H groups in total. The third-order valence-corrected chi connectivity index (χ3v) is 2.56. The summed E-state index contributed by atoms with van der Waals surface area (Å²) in [6.45, 7) is 0.0952. The fraction of sp³-hybridized carbons (Fsp3) is 0.700. The van der Waals surface area contributed by atoms with E-state index in [9.17, 15) is 14.4 Å². The molecule has 7 heteroatoms. The molecule has 1 atom stereocenters. The van der Waals surface area contributed by atoms with Crippen LogP contribution in [0.4, 0.5) is 0 Å². The third-order valence-electron chi connectivity index (χ3n) is 2.56. The van der Waals surface area contributed by atoms with Crippen LogP contribution >= 0.6 is 0 Å². The summed E-state index contributed by atoms with van der Waals surface area (Å²) in [6.07, 6.45) is 1.12. The number of aliphatic hydroxyl groups excluding tert-OH is 1. The van der Waals surface area contributed by atoms with Crippen molar-refractivity contribution in [3.05, 3.63) is 0 Å². The highest BCUT2D eigenvalue weighted by Crippen LogP contribution is 2.08. The Morgan fingerprint density at radius 3 is 2.65 bits per heavy atom. The highest BCUT2D eigenvalue weighted by Gasteiger charge is 2.25. The molecular formula is C10H16N2O5. The smallest absolute Gasteiger partial charge is 0.326 e. The van der Waals surface area contributed by atoms with E-state index in [1.165, 1.54) is 4.90 Å². The average Bonchev–Trinajstić information content (AvgIpc) is 2.63. The normalized spacial score (nSPS) is 17.0. The molecule has 0 bridgehead atoms. The minimum absolute atomic E-state index is 0.0466. The topological polar surface area (TPSA) is 107 Å². The Labute approximate surface area is 98.4 Å². The van der Waals surface area contributed by atoms with Crippen LogP contribution in [0.1, 0.15) is 19.3 Å². The Morgan fingerprint density at radius 1 is 1.47 bits per heavy atom. The van der Waals surface area contributed by atoms with E-state index in [1.807, 2.05) is 0 Å². The summed E-state index contributed by atoms with van der Waals surface area (Å²) in [6, 6.07) is -1.11. The predicted octanol–water partition coefficient (Wildman–Crippen LogP) is -1.44. The highest BCUT2D eigenvalue weighted by molar-refractivity contribution is 5.88. The highest BCUT2D eigenvalue weighted by atomic mass is 16.4. The Kier molecular flexibility index (Phi) is 4.89. The fourth-order valence-corrected chi connectivity index (χ4v) is 1.67. The molecule has 0 unspecified atom stereocenters. The molecule has 0 saturated carbocycles. The van der Waals surface area contributed by atoms with Crippen molar-refractivity contribution in [1.29, 1.82) is 0 Å². The maximum absolute atomic E-state index is 11.5. The number of carbonyl (C=O) groups is 3. The summed E-state index contributed by atoms with van der Waals surface area (Å²) in [7, 11) is 0. The molecule has 0 spiro atoms. The summed E-state index contributed by atoms with van der Waals surface area (Å²) >= 11 is 0. The van der Waals surface area contributed by atoms with Gasteiger partial charge in [0, 0.05) is 26.0 Å². The van der Waals surface area contributed by atoms with Crippen LogP contribution in [-0.2, 0) is 14.4 Å². The van der Waals surface area contributed by atoms with E-state index in [1.54, 1.807) is 0 Å². The average molecular weight is 244 g/mol. The number of nitrogens with one attached hydrogen (secondary N) is 1. The van der Waals surface area contributed by atoms with Gasteiger partial charge in [-0.3, -0.25) is 9.59 Å². The molecule has 2 amide bonds. The van der Waals surface area contributed by atoms with Crippen molar-refractivity contribution in [3.8, 4) is 0 Å². The molecule has 1 aliphatic rings. The largest absolute Gasteiger partial charge is 0.480 e. The van der Waals surface area contributed by atoms with Crippen LogP contribution in [0.15, 0.2) is 0 Å². The van der Waals surface area contributed by atoms with Crippen LogP contribution in [0.2, 0.25) is 0 Å². The van der Waals surface area contributed by atoms with Gasteiger partial charge in [-0.25, -0.2) is 4.79 Å². The fourth-order valence-electron chi connectivity index (χ4n) is 1.67. The van der Waals surface area contributed by atoms with Crippen molar-refractivity contribution in [3.63, 3.8) is 0 Å². The van der Waals surface area contributed by atoms with Crippen LogP contribution in [0.25, 0.3) is 0 Å². The monoisotopic (exact) mass is 244 g/mol. The number of aliphatic carboxylic acids is 1. The summed E-state index contributed by atoms with van der Waals surface area (Å²) in [4.78, 5) is 34.8. The number of carbonyl (C=O) groups excluding carboxylic acids is 2. The molecule has 1 fully saturated rings. The van der Waals surface area contributed by atoms with Gasteiger partial charge in [0.2, 0.25) is 11.8 Å². The van der Waals surface area contributed by atoms with Gasteiger partial charge >= 0.3 is 5.97 Å². The molecular weight excluding hydrogens is 228 g/mol. The lowest BCUT2D eigenvalue weighted by Crippen LogP contribution is -2.46. The molecule has 7 nitrogen and oxygen atoms in total. The number of carboxylic acid groups (broad SMARTS) is 1.